The van der Waals surface area contributed by atoms with Gasteiger partial charge in [0.2, 0.25) is 0 Å². The van der Waals surface area contributed by atoms with Crippen LogP contribution >= 0.6 is 0 Å². The van der Waals surface area contributed by atoms with Crippen LogP contribution in [0, 0.1) is 0 Å². The Morgan fingerprint density at radius 1 is 0.824 bits per heavy atom. The molecule has 0 amide bonds. The first kappa shape index (κ1) is 33.1. The van der Waals surface area contributed by atoms with Gasteiger partial charge in [-0.2, -0.15) is 0 Å². The molecule has 0 aromatic heterocycles. The number of likely N-dealkylation sites (N-methyl/N-ethyl adjacent to an activating group) is 1. The lowest BCUT2D eigenvalue weighted by Gasteiger charge is -2.06. The largest absolute Gasteiger partial charge is 0.385 e. The molecule has 0 spiro atoms. The molecule has 0 atom stereocenters. The second-order valence-electron chi connectivity index (χ2n) is 7.02. The summed E-state index contributed by atoms with van der Waals surface area (Å²) in [7, 11) is 1.77. The number of amidine groups is 1. The molecule has 2 aromatic rings. The Hall–Kier alpha value is -3.07. The van der Waals surface area contributed by atoms with Gasteiger partial charge in [0, 0.05) is 31.1 Å². The maximum absolute atomic E-state index is 4.24. The van der Waals surface area contributed by atoms with Gasteiger partial charge in [0.25, 0.3) is 0 Å². The lowest BCUT2D eigenvalue weighted by molar-refractivity contribution is 0.656. The molecule has 0 heterocycles. The molecule has 0 radical (unpaired) electrons. The van der Waals surface area contributed by atoms with Gasteiger partial charge in [0.1, 0.15) is 5.84 Å². The van der Waals surface area contributed by atoms with E-state index in [-0.39, 0.29) is 0 Å². The van der Waals surface area contributed by atoms with Gasteiger partial charge in [-0.1, -0.05) is 139 Å². The Morgan fingerprint density at radius 3 is 1.74 bits per heavy atom. The first-order valence-electron chi connectivity index (χ1n) is 12.7. The molecular formula is C31H49N3. The van der Waals surface area contributed by atoms with Crippen LogP contribution < -0.4 is 10.6 Å². The zero-order valence-electron chi connectivity index (χ0n) is 22.6. The third-order valence-electron chi connectivity index (χ3n) is 4.31. The molecule has 0 bridgehead atoms. The molecule has 2 N–H and O–H groups in total. The minimum absolute atomic E-state index is 0.839. The first-order chi connectivity index (χ1) is 16.7. The number of aliphatic imine (C=N–C) groups is 1. The van der Waals surface area contributed by atoms with Gasteiger partial charge in [0.05, 0.1) is 0 Å². The molecule has 188 valence electrons. The minimum Gasteiger partial charge on any atom is -0.385 e. The fourth-order valence-electron chi connectivity index (χ4n) is 2.65. The Bertz CT molecular complexity index is 716. The smallest absolute Gasteiger partial charge is 0.131 e. The van der Waals surface area contributed by atoms with Crippen LogP contribution in [0.15, 0.2) is 108 Å². The van der Waals surface area contributed by atoms with Crippen LogP contribution in [-0.4, -0.2) is 19.4 Å². The van der Waals surface area contributed by atoms with E-state index in [9.17, 15) is 0 Å². The molecule has 0 aliphatic heterocycles. The number of hydrogen-bond acceptors (Lipinski definition) is 2. The van der Waals surface area contributed by atoms with E-state index in [2.05, 4.69) is 43.0 Å². The van der Waals surface area contributed by atoms with Gasteiger partial charge in [0.15, 0.2) is 0 Å². The highest BCUT2D eigenvalue weighted by atomic mass is 15.0. The molecule has 0 aliphatic rings. The van der Waals surface area contributed by atoms with Crippen LogP contribution in [0.1, 0.15) is 72.3 Å². The summed E-state index contributed by atoms with van der Waals surface area (Å²) in [5, 5.41) is 6.43. The van der Waals surface area contributed by atoms with Gasteiger partial charge < -0.3 is 10.6 Å². The summed E-state index contributed by atoms with van der Waals surface area (Å²) in [6.45, 7) is 15.1. The van der Waals surface area contributed by atoms with Crippen LogP contribution in [-0.2, 0) is 0 Å². The molecule has 3 heteroatoms. The Kier molecular flexibility index (Phi) is 27.2. The van der Waals surface area contributed by atoms with Gasteiger partial charge in [-0.05, 0) is 19.1 Å². The third kappa shape index (κ3) is 20.8. The number of allylic oxidation sites excluding steroid dienone is 3. The van der Waals surface area contributed by atoms with Gasteiger partial charge in [-0.25, -0.2) is 0 Å². The zero-order valence-corrected chi connectivity index (χ0v) is 22.6. The maximum atomic E-state index is 4.24. The van der Waals surface area contributed by atoms with Crippen molar-refractivity contribution in [3.63, 3.8) is 0 Å². The SMILES string of the molecule is C=C/C=C(\C=C\NC(=NC)c1ccccc1)NCC.CC.CCCCCCC.c1ccccc1. The van der Waals surface area contributed by atoms with Crippen molar-refractivity contribution in [3.05, 3.63) is 109 Å². The highest BCUT2D eigenvalue weighted by molar-refractivity contribution is 5.99. The summed E-state index contributed by atoms with van der Waals surface area (Å²) < 4.78 is 0. The summed E-state index contributed by atoms with van der Waals surface area (Å²) >= 11 is 0. The van der Waals surface area contributed by atoms with Crippen molar-refractivity contribution >= 4 is 5.84 Å². The van der Waals surface area contributed by atoms with Gasteiger partial charge in [-0.15, -0.1) is 0 Å². The van der Waals surface area contributed by atoms with Crippen molar-refractivity contribution in [1.82, 2.24) is 10.6 Å². The molecule has 0 aliphatic carbocycles. The number of nitrogens with zero attached hydrogens (tertiary/aromatic N) is 1. The van der Waals surface area contributed by atoms with Gasteiger partial charge >= 0.3 is 0 Å². The van der Waals surface area contributed by atoms with E-state index >= 15 is 0 Å². The topological polar surface area (TPSA) is 36.4 Å². The Morgan fingerprint density at radius 2 is 1.32 bits per heavy atom. The predicted molar refractivity (Wildman–Crippen MR) is 155 cm³/mol. The molecule has 0 saturated carbocycles. The first-order valence-corrected chi connectivity index (χ1v) is 12.7. The molecule has 0 fully saturated rings. The third-order valence-corrected chi connectivity index (χ3v) is 4.31. The molecular weight excluding hydrogens is 414 g/mol. The van der Waals surface area contributed by atoms with E-state index in [1.807, 2.05) is 98.9 Å². The van der Waals surface area contributed by atoms with E-state index in [0.29, 0.717) is 0 Å². The minimum atomic E-state index is 0.839. The van der Waals surface area contributed by atoms with Crippen molar-refractivity contribution < 1.29 is 0 Å². The van der Waals surface area contributed by atoms with Gasteiger partial charge in [-0.3, -0.25) is 4.99 Å². The summed E-state index contributed by atoms with van der Waals surface area (Å²) in [4.78, 5) is 4.24. The highest BCUT2D eigenvalue weighted by Crippen LogP contribution is 2.00. The lowest BCUT2D eigenvalue weighted by atomic mass is 10.2. The summed E-state index contributed by atoms with van der Waals surface area (Å²) in [6.07, 6.45) is 14.5. The zero-order chi connectivity index (χ0) is 25.7. The molecule has 3 nitrogen and oxygen atoms in total. The van der Waals surface area contributed by atoms with Crippen LogP contribution in [0.25, 0.3) is 0 Å². The van der Waals surface area contributed by atoms with Crippen LogP contribution in [0.5, 0.6) is 0 Å². The summed E-state index contributed by atoms with van der Waals surface area (Å²) in [5.74, 6) is 0.839. The van der Waals surface area contributed by atoms with Crippen molar-refractivity contribution in [2.45, 2.75) is 66.7 Å². The van der Waals surface area contributed by atoms with Crippen LogP contribution in [0.4, 0.5) is 0 Å². The highest BCUT2D eigenvalue weighted by Gasteiger charge is 1.98. The van der Waals surface area contributed by atoms with Crippen molar-refractivity contribution in [2.24, 2.45) is 4.99 Å². The molecule has 0 saturated heterocycles. The number of benzene rings is 2. The van der Waals surface area contributed by atoms with Crippen LogP contribution in [0.3, 0.4) is 0 Å². The average molecular weight is 464 g/mol. The van der Waals surface area contributed by atoms with E-state index in [0.717, 1.165) is 23.6 Å². The standard InChI is InChI=1S/C16H21N3.C7H16.C6H6.C2H6/c1-4-9-15(18-5-2)12-13-19-16(17-3)14-10-7-6-8-11-14;1-3-5-7-6-4-2;1-2-4-6-5-3-1;1-2/h4,6-13,18H,1,5H2,2-3H3,(H,17,19);3-7H2,1-2H3;1-6H;1-2H3/b13-12+,15-9+;;;. The molecule has 2 rings (SSSR count). The molecule has 0 unspecified atom stereocenters. The number of rotatable bonds is 10. The molecule has 34 heavy (non-hydrogen) atoms. The van der Waals surface area contributed by atoms with E-state index in [1.54, 1.807) is 13.1 Å². The number of nitrogens with one attached hydrogen (secondary N) is 2. The predicted octanol–water partition coefficient (Wildman–Crippen LogP) is 8.54. The van der Waals surface area contributed by atoms with Crippen molar-refractivity contribution in [3.8, 4) is 0 Å². The second kappa shape index (κ2) is 28.0. The van der Waals surface area contributed by atoms with E-state index < -0.39 is 0 Å². The second-order valence-corrected chi connectivity index (χ2v) is 7.02. The van der Waals surface area contributed by atoms with Crippen molar-refractivity contribution in [1.29, 1.82) is 0 Å². The van der Waals surface area contributed by atoms with E-state index in [4.69, 9.17) is 0 Å². The lowest BCUT2D eigenvalue weighted by Crippen LogP contribution is -2.19. The summed E-state index contributed by atoms with van der Waals surface area (Å²) in [6, 6.07) is 22.0. The fourth-order valence-corrected chi connectivity index (χ4v) is 2.65. The maximum Gasteiger partial charge on any atom is 0.131 e. The average Bonchev–Trinajstić information content (AvgIpc) is 2.91. The monoisotopic (exact) mass is 463 g/mol. The van der Waals surface area contributed by atoms with E-state index in [1.165, 1.54) is 32.1 Å². The Balaban J connectivity index is 0. The fraction of sp³-hybridized carbons (Fsp3) is 0.387. The quantitative estimate of drug-likeness (QED) is 0.160. The number of unbranched alkanes of at least 4 members (excludes halogenated alkanes) is 4. The van der Waals surface area contributed by atoms with Crippen molar-refractivity contribution in [2.75, 3.05) is 13.6 Å². The summed E-state index contributed by atoms with van der Waals surface area (Å²) in [5.41, 5.74) is 2.07. The number of hydrogen-bond donors (Lipinski definition) is 2. The Labute approximate surface area is 210 Å². The molecule has 2 aromatic carbocycles. The van der Waals surface area contributed by atoms with Crippen LogP contribution in [0.2, 0.25) is 0 Å². The normalized spacial score (nSPS) is 10.5.